The van der Waals surface area contributed by atoms with Crippen LogP contribution in [0.15, 0.2) is 0 Å². The predicted octanol–water partition coefficient (Wildman–Crippen LogP) is 0.0286. The van der Waals surface area contributed by atoms with Crippen LogP contribution in [0, 0.1) is 34.0 Å². The zero-order chi connectivity index (χ0) is 53.8. The second kappa shape index (κ2) is 44.1. The quantitative estimate of drug-likeness (QED) is 0.0774. The van der Waals surface area contributed by atoms with Gasteiger partial charge in [-0.3, -0.25) is 28.8 Å². The van der Waals surface area contributed by atoms with E-state index in [-0.39, 0.29) is 69.4 Å². The van der Waals surface area contributed by atoms with Gasteiger partial charge in [0.15, 0.2) is 0 Å². The van der Waals surface area contributed by atoms with Crippen molar-refractivity contribution in [2.45, 2.75) is 200 Å². The van der Waals surface area contributed by atoms with Crippen LogP contribution in [0.3, 0.4) is 0 Å². The van der Waals surface area contributed by atoms with Crippen LogP contribution in [0.4, 0.5) is 0 Å². The summed E-state index contributed by atoms with van der Waals surface area (Å²) >= 11 is 0. The average Bonchev–Trinajstić information content (AvgIpc) is 3.18. The molecule has 3 atom stereocenters. The molecule has 0 aromatic carbocycles. The molecule has 0 amide bonds. The van der Waals surface area contributed by atoms with Crippen LogP contribution in [-0.4, -0.2) is 105 Å². The van der Waals surface area contributed by atoms with E-state index in [0.717, 1.165) is 0 Å². The van der Waals surface area contributed by atoms with Gasteiger partial charge in [-0.05, 0) is 99.3 Å². The molecular weight excluding hydrogens is 918 g/mol. The number of Topliss-reactive ketones (excluding diaryl/α,β-unsaturated/α-hetero) is 6. The maximum Gasteiger partial charge on any atom is 3.00 e. The molecule has 0 N–H and O–H groups in total. The number of aliphatic carboxylic acids is 6. The normalized spacial score (nSPS) is 11.5. The maximum absolute atomic E-state index is 11.3. The van der Waals surface area contributed by atoms with Crippen LogP contribution in [0.1, 0.15) is 200 Å². The van der Waals surface area contributed by atoms with E-state index >= 15 is 0 Å². The first-order valence-electron chi connectivity index (χ1n) is 22.6. The van der Waals surface area contributed by atoms with Crippen LogP contribution in [0.5, 0.6) is 0 Å². The third-order valence-electron chi connectivity index (χ3n) is 10.8. The molecule has 20 heteroatoms. The Hall–Kier alpha value is -4.10. The zero-order valence-corrected chi connectivity index (χ0v) is 45.7. The van der Waals surface area contributed by atoms with Crippen LogP contribution in [0.2, 0.25) is 0 Å². The molecule has 384 valence electrons. The Labute approximate surface area is 425 Å². The Bertz CT molecular complexity index is 1280. The minimum absolute atomic E-state index is 0. The van der Waals surface area contributed by atoms with Gasteiger partial charge in [0.05, 0.1) is 69.8 Å². The summed E-state index contributed by atoms with van der Waals surface area (Å²) in [6, 6.07) is 0. The van der Waals surface area contributed by atoms with Crippen LogP contribution in [0.25, 0.3) is 0 Å². The smallest absolute Gasteiger partial charge is 0.549 e. The molecule has 0 spiro atoms. The number of carboxylic acid groups (broad SMARTS) is 6. The first-order chi connectivity index (χ1) is 30.3. The zero-order valence-electron chi connectivity index (χ0n) is 43.3. The number of carbonyl (C=O) groups is 12. The summed E-state index contributed by atoms with van der Waals surface area (Å²) in [5, 5.41) is 62.9. The molecule has 0 saturated heterocycles. The summed E-state index contributed by atoms with van der Waals surface area (Å²) in [6.45, 7) is 23.9. The van der Waals surface area contributed by atoms with Gasteiger partial charge in [-0.2, -0.15) is 0 Å². The summed E-state index contributed by atoms with van der Waals surface area (Å²) in [4.78, 5) is 128. The Kier molecular flexibility index (Phi) is 52.5. The Morgan fingerprint density at radius 3 is 0.471 bits per heavy atom. The van der Waals surface area contributed by atoms with Crippen LogP contribution < -0.4 is 30.6 Å². The Morgan fingerprint density at radius 1 is 0.309 bits per heavy atom. The number of hydrogen-bond acceptors (Lipinski definition) is 18. The molecule has 0 aromatic rings. The fourth-order valence-electron chi connectivity index (χ4n) is 6.90. The van der Waals surface area contributed by atoms with Gasteiger partial charge in [-0.25, -0.2) is 0 Å². The Balaban J connectivity index is -0.000000106. The molecule has 0 heterocycles. The minimum atomic E-state index is -1.27. The second-order valence-corrected chi connectivity index (χ2v) is 15.9. The van der Waals surface area contributed by atoms with Gasteiger partial charge < -0.3 is 59.4 Å². The van der Waals surface area contributed by atoms with Crippen molar-refractivity contribution in [2.75, 3.05) is 0 Å². The number of rotatable bonds is 27. The molecule has 0 saturated carbocycles. The summed E-state index contributed by atoms with van der Waals surface area (Å²) in [7, 11) is 0. The molecule has 0 rings (SSSR count). The summed E-state index contributed by atoms with van der Waals surface area (Å²) in [6.07, 6.45) is 7.40. The van der Waals surface area contributed by atoms with Crippen molar-refractivity contribution in [3.05, 3.63) is 0 Å². The van der Waals surface area contributed by atoms with E-state index in [9.17, 15) is 88.2 Å². The van der Waals surface area contributed by atoms with E-state index in [1.165, 1.54) is 41.5 Å². The predicted molar refractivity (Wildman–Crippen MR) is 244 cm³/mol. The van der Waals surface area contributed by atoms with E-state index in [1.54, 1.807) is 20.8 Å². The fourth-order valence-corrected chi connectivity index (χ4v) is 6.90. The molecule has 0 aliphatic carbocycles. The van der Waals surface area contributed by atoms with E-state index in [0.29, 0.717) is 96.3 Å². The van der Waals surface area contributed by atoms with E-state index in [1.807, 2.05) is 41.5 Å². The molecule has 3 unspecified atom stereocenters. The Morgan fingerprint density at radius 2 is 0.441 bits per heavy atom. The topological polar surface area (TPSA) is 343 Å². The molecule has 0 radical (unpaired) electrons. The summed E-state index contributed by atoms with van der Waals surface area (Å²) < 4.78 is 0. The first-order valence-corrected chi connectivity index (χ1v) is 22.6. The van der Waals surface area contributed by atoms with Crippen molar-refractivity contribution in [3.8, 4) is 0 Å². The van der Waals surface area contributed by atoms with Crippen molar-refractivity contribution in [1.29, 1.82) is 0 Å². The largest absolute Gasteiger partial charge is 3.00 e. The first kappa shape index (κ1) is 80.9. The molecule has 0 aliphatic heterocycles. The molecule has 0 fully saturated rings. The van der Waals surface area contributed by atoms with Gasteiger partial charge in [-0.1, -0.05) is 101 Å². The van der Waals surface area contributed by atoms with Gasteiger partial charge in [0, 0.05) is 0 Å². The molecule has 18 nitrogen and oxygen atoms in total. The molecule has 0 bridgehead atoms. The maximum atomic E-state index is 11.3. The van der Waals surface area contributed by atoms with Crippen molar-refractivity contribution < 1.29 is 88.2 Å². The monoisotopic (exact) mass is 996 g/mol. The van der Waals surface area contributed by atoms with Crippen molar-refractivity contribution in [3.63, 3.8) is 0 Å². The van der Waals surface area contributed by atoms with E-state index in [2.05, 4.69) is 0 Å². The summed E-state index contributed by atoms with van der Waals surface area (Å²) in [5.41, 5.74) is -3.70. The van der Waals surface area contributed by atoms with Crippen LogP contribution in [-0.2, 0) is 57.5 Å². The van der Waals surface area contributed by atoms with Gasteiger partial charge >= 0.3 is 34.7 Å². The van der Waals surface area contributed by atoms with Gasteiger partial charge in [0.2, 0.25) is 0 Å². The number of carbonyl (C=O) groups excluding carboxylic acids is 12. The van der Waals surface area contributed by atoms with Gasteiger partial charge in [0.1, 0.15) is 34.7 Å². The van der Waals surface area contributed by atoms with Crippen molar-refractivity contribution in [1.82, 2.24) is 0 Å². The second-order valence-electron chi connectivity index (χ2n) is 15.9. The van der Waals surface area contributed by atoms with Crippen molar-refractivity contribution in [2.24, 2.45) is 34.0 Å². The summed E-state index contributed by atoms with van der Waals surface area (Å²) in [5.74, 6) is -12.1. The molecule has 68 heavy (non-hydrogen) atoms. The average molecular weight is 997 g/mol. The minimum Gasteiger partial charge on any atom is -0.549 e. The number of carboxylic acids is 6. The van der Waals surface area contributed by atoms with Gasteiger partial charge in [0.25, 0.3) is 0 Å². The number of ketones is 6. The molecule has 0 aliphatic rings. The number of hydrogen-bond donors (Lipinski definition) is 0. The third-order valence-corrected chi connectivity index (χ3v) is 10.8. The van der Waals surface area contributed by atoms with Crippen molar-refractivity contribution >= 4 is 105 Å². The molecule has 0 aromatic heterocycles. The SMILES string of the molecule is CCC(C(C)=O)C(=O)[O-].CCC(C(C)=O)C(=O)[O-].CCC(C(C)=O)C(=O)[O-].CCCC(CCC)(C(C)=O)C(=O)[O-].CCCC(CCC)(C(C)=O)C(=O)[O-].CCCC(CCC)(C(C)=O)C(=O)[O-].[Al+3].[Al+3]. The van der Waals surface area contributed by atoms with Crippen LogP contribution >= 0.6 is 0 Å². The van der Waals surface area contributed by atoms with E-state index in [4.69, 9.17) is 0 Å². The van der Waals surface area contributed by atoms with E-state index < -0.39 is 69.8 Å². The fraction of sp³-hybridized carbons (Fsp3) is 0.750. The standard InChI is InChI=1S/3C10H18O3.3C6H10O3.2Al/c3*1-4-6-10(7-5-2,8(3)11)9(12)13;3*1-3-5(4(2)7)6(8)9;;/h3*4-7H2,1-3H3,(H,12,13);3*5H,3H2,1-2H3,(H,8,9);;/q;;;;;;2*+3/p-6. The third kappa shape index (κ3) is 31.1. The molecular formula is C48H78Al2O18. The van der Waals surface area contributed by atoms with Gasteiger partial charge in [-0.15, -0.1) is 0 Å².